The monoisotopic (exact) mass is 340 g/mol. The molecule has 25 heavy (non-hydrogen) atoms. The van der Waals surface area contributed by atoms with Gasteiger partial charge in [-0.3, -0.25) is 4.99 Å². The van der Waals surface area contributed by atoms with Crippen molar-refractivity contribution >= 4 is 5.97 Å². The SMILES string of the molecule is CCOC(=O)c1c(-c2ccccc2)cc(=NC(C)C)n(C(C)C)c1C. The van der Waals surface area contributed by atoms with Gasteiger partial charge in [-0.25, -0.2) is 4.79 Å². The summed E-state index contributed by atoms with van der Waals surface area (Å²) in [6, 6.07) is 12.3. The van der Waals surface area contributed by atoms with Crippen LogP contribution in [-0.2, 0) is 4.74 Å². The summed E-state index contributed by atoms with van der Waals surface area (Å²) in [6.07, 6.45) is 0. The summed E-state index contributed by atoms with van der Waals surface area (Å²) in [5.41, 5.74) is 4.24. The summed E-state index contributed by atoms with van der Waals surface area (Å²) in [5, 5.41) is 0. The van der Waals surface area contributed by atoms with E-state index >= 15 is 0 Å². The molecule has 0 fully saturated rings. The molecule has 0 saturated heterocycles. The maximum absolute atomic E-state index is 12.7. The van der Waals surface area contributed by atoms with E-state index in [1.165, 1.54) is 0 Å². The van der Waals surface area contributed by atoms with Crippen molar-refractivity contribution in [3.8, 4) is 11.1 Å². The average molecular weight is 340 g/mol. The Morgan fingerprint density at radius 1 is 1.16 bits per heavy atom. The lowest BCUT2D eigenvalue weighted by atomic mass is 9.98. The van der Waals surface area contributed by atoms with E-state index < -0.39 is 0 Å². The Kier molecular flexibility index (Phi) is 6.18. The molecule has 0 aliphatic rings. The van der Waals surface area contributed by atoms with Gasteiger partial charge in [0, 0.05) is 23.3 Å². The summed E-state index contributed by atoms with van der Waals surface area (Å²) in [6.45, 7) is 12.5. The first-order valence-corrected chi connectivity index (χ1v) is 8.89. The van der Waals surface area contributed by atoms with Crippen LogP contribution in [0.4, 0.5) is 0 Å². The molecule has 4 nitrogen and oxygen atoms in total. The maximum Gasteiger partial charge on any atom is 0.340 e. The van der Waals surface area contributed by atoms with Gasteiger partial charge in [-0.1, -0.05) is 30.3 Å². The molecule has 0 aliphatic carbocycles. The molecule has 0 saturated carbocycles. The van der Waals surface area contributed by atoms with Crippen LogP contribution in [0.1, 0.15) is 56.7 Å². The molecule has 0 unspecified atom stereocenters. The van der Waals surface area contributed by atoms with Crippen LogP contribution in [0, 0.1) is 6.92 Å². The van der Waals surface area contributed by atoms with E-state index in [0.29, 0.717) is 12.2 Å². The highest BCUT2D eigenvalue weighted by atomic mass is 16.5. The van der Waals surface area contributed by atoms with Gasteiger partial charge in [0.05, 0.1) is 12.2 Å². The van der Waals surface area contributed by atoms with Gasteiger partial charge in [0.25, 0.3) is 0 Å². The molecule has 0 aliphatic heterocycles. The lowest BCUT2D eigenvalue weighted by Gasteiger charge is -2.22. The predicted molar refractivity (Wildman–Crippen MR) is 102 cm³/mol. The third-order valence-corrected chi connectivity index (χ3v) is 3.98. The van der Waals surface area contributed by atoms with Crippen LogP contribution >= 0.6 is 0 Å². The molecule has 0 atom stereocenters. The number of rotatable bonds is 5. The van der Waals surface area contributed by atoms with Gasteiger partial charge in [0.2, 0.25) is 0 Å². The van der Waals surface area contributed by atoms with Crippen molar-refractivity contribution in [3.05, 3.63) is 53.1 Å². The minimum atomic E-state index is -0.288. The van der Waals surface area contributed by atoms with E-state index in [1.54, 1.807) is 0 Å². The van der Waals surface area contributed by atoms with Gasteiger partial charge < -0.3 is 9.30 Å². The fraction of sp³-hybridized carbons (Fsp3) is 0.429. The molecule has 1 aromatic carbocycles. The van der Waals surface area contributed by atoms with Gasteiger partial charge in [-0.15, -0.1) is 0 Å². The second kappa shape index (κ2) is 8.15. The number of hydrogen-bond donors (Lipinski definition) is 0. The number of nitrogens with zero attached hydrogens (tertiary/aromatic N) is 2. The second-order valence-electron chi connectivity index (χ2n) is 6.65. The lowest BCUT2D eigenvalue weighted by Crippen LogP contribution is -2.29. The van der Waals surface area contributed by atoms with Gasteiger partial charge >= 0.3 is 5.97 Å². The van der Waals surface area contributed by atoms with Crippen LogP contribution in [0.25, 0.3) is 11.1 Å². The molecule has 0 radical (unpaired) electrons. The molecule has 2 rings (SSSR count). The van der Waals surface area contributed by atoms with Crippen LogP contribution in [-0.4, -0.2) is 23.2 Å². The Morgan fingerprint density at radius 3 is 2.32 bits per heavy atom. The minimum absolute atomic E-state index is 0.168. The quantitative estimate of drug-likeness (QED) is 0.751. The zero-order valence-electron chi connectivity index (χ0n) is 16.0. The molecule has 1 aromatic heterocycles. The molecular formula is C21H28N2O2. The van der Waals surface area contributed by atoms with Gasteiger partial charge in [0.1, 0.15) is 5.49 Å². The number of ether oxygens (including phenoxy) is 1. The molecular weight excluding hydrogens is 312 g/mol. The van der Waals surface area contributed by atoms with Crippen LogP contribution < -0.4 is 5.49 Å². The number of carbonyl (C=O) groups excluding carboxylic acids is 1. The number of esters is 1. The van der Waals surface area contributed by atoms with Crippen molar-refractivity contribution in [1.29, 1.82) is 0 Å². The molecule has 2 aromatic rings. The normalized spacial score (nSPS) is 12.1. The first kappa shape index (κ1) is 19.0. The maximum atomic E-state index is 12.7. The number of aromatic nitrogens is 1. The third-order valence-electron chi connectivity index (χ3n) is 3.98. The Labute approximate surface area is 150 Å². The largest absolute Gasteiger partial charge is 0.462 e. The predicted octanol–water partition coefficient (Wildman–Crippen LogP) is 4.53. The third kappa shape index (κ3) is 4.19. The molecule has 0 spiro atoms. The average Bonchev–Trinajstić information content (AvgIpc) is 2.54. The highest BCUT2D eigenvalue weighted by Crippen LogP contribution is 2.26. The fourth-order valence-corrected chi connectivity index (χ4v) is 3.08. The lowest BCUT2D eigenvalue weighted by molar-refractivity contribution is 0.0525. The highest BCUT2D eigenvalue weighted by Gasteiger charge is 2.21. The molecule has 0 N–H and O–H groups in total. The van der Waals surface area contributed by atoms with Crippen molar-refractivity contribution in [2.75, 3.05) is 6.61 Å². The Balaban J connectivity index is 2.89. The van der Waals surface area contributed by atoms with Crippen LogP contribution in [0.3, 0.4) is 0 Å². The fourth-order valence-electron chi connectivity index (χ4n) is 3.08. The van der Waals surface area contributed by atoms with E-state index in [9.17, 15) is 4.79 Å². The number of hydrogen-bond acceptors (Lipinski definition) is 3. The number of pyridine rings is 1. The summed E-state index contributed by atoms with van der Waals surface area (Å²) in [4.78, 5) is 17.5. The molecule has 1 heterocycles. The minimum Gasteiger partial charge on any atom is -0.462 e. The second-order valence-corrected chi connectivity index (χ2v) is 6.65. The summed E-state index contributed by atoms with van der Waals surface area (Å²) >= 11 is 0. The van der Waals surface area contributed by atoms with Gasteiger partial charge in [0.15, 0.2) is 0 Å². The molecule has 0 bridgehead atoms. The standard InChI is InChI=1S/C21H28N2O2/c1-7-25-21(24)20-16(6)23(15(4)5)19(22-14(2)3)13-18(20)17-11-9-8-10-12-17/h8-15H,7H2,1-6H3. The van der Waals surface area contributed by atoms with Crippen LogP contribution in [0.5, 0.6) is 0 Å². The van der Waals surface area contributed by atoms with Gasteiger partial charge in [-0.2, -0.15) is 0 Å². The van der Waals surface area contributed by atoms with Crippen molar-refractivity contribution in [2.24, 2.45) is 4.99 Å². The van der Waals surface area contributed by atoms with Crippen molar-refractivity contribution in [3.63, 3.8) is 0 Å². The summed E-state index contributed by atoms with van der Waals surface area (Å²) in [7, 11) is 0. The van der Waals surface area contributed by atoms with Crippen molar-refractivity contribution in [1.82, 2.24) is 4.57 Å². The molecule has 0 amide bonds. The van der Waals surface area contributed by atoms with E-state index in [-0.39, 0.29) is 18.1 Å². The summed E-state index contributed by atoms with van der Waals surface area (Å²) < 4.78 is 7.45. The van der Waals surface area contributed by atoms with E-state index in [1.807, 2.05) is 50.2 Å². The smallest absolute Gasteiger partial charge is 0.340 e. The first-order chi connectivity index (χ1) is 11.9. The van der Waals surface area contributed by atoms with Crippen molar-refractivity contribution < 1.29 is 9.53 Å². The van der Waals surface area contributed by atoms with E-state index in [0.717, 1.165) is 22.3 Å². The molecule has 4 heteroatoms. The topological polar surface area (TPSA) is 43.6 Å². The summed E-state index contributed by atoms with van der Waals surface area (Å²) in [5.74, 6) is -0.288. The molecule has 134 valence electrons. The van der Waals surface area contributed by atoms with Crippen LogP contribution in [0.2, 0.25) is 0 Å². The number of benzene rings is 1. The van der Waals surface area contributed by atoms with Gasteiger partial charge in [-0.05, 0) is 53.2 Å². The van der Waals surface area contributed by atoms with E-state index in [2.05, 4.69) is 32.3 Å². The zero-order valence-corrected chi connectivity index (χ0v) is 16.0. The Morgan fingerprint density at radius 2 is 1.80 bits per heavy atom. The van der Waals surface area contributed by atoms with E-state index in [4.69, 9.17) is 9.73 Å². The highest BCUT2D eigenvalue weighted by molar-refractivity contribution is 5.98. The van der Waals surface area contributed by atoms with Crippen molar-refractivity contribution in [2.45, 2.75) is 53.6 Å². The number of carbonyl (C=O) groups is 1. The Bertz CT molecular complexity index is 803. The first-order valence-electron chi connectivity index (χ1n) is 8.89. The zero-order chi connectivity index (χ0) is 18.6. The Hall–Kier alpha value is -2.36. The van der Waals surface area contributed by atoms with Crippen LogP contribution in [0.15, 0.2) is 41.4 Å².